The molecule has 0 aliphatic heterocycles. The smallest absolute Gasteiger partial charge is 0.227 e. The molecule has 1 aromatic heterocycles. The van der Waals surface area contributed by atoms with E-state index in [1.165, 1.54) is 0 Å². The number of aromatic nitrogens is 1. The number of ether oxygens (including phenoxy) is 1. The monoisotopic (exact) mass is 219 g/mol. The third-order valence-corrected chi connectivity index (χ3v) is 1.74. The van der Waals surface area contributed by atoms with E-state index in [0.29, 0.717) is 16.8 Å². The van der Waals surface area contributed by atoms with E-state index in [9.17, 15) is 4.39 Å². The van der Waals surface area contributed by atoms with Crippen LogP contribution in [0.15, 0.2) is 16.6 Å². The van der Waals surface area contributed by atoms with Crippen LogP contribution in [-0.2, 0) is 11.3 Å². The van der Waals surface area contributed by atoms with Crippen molar-refractivity contribution in [3.8, 4) is 0 Å². The lowest BCUT2D eigenvalue weighted by Gasteiger charge is -1.98. The van der Waals surface area contributed by atoms with Gasteiger partial charge in [-0.1, -0.05) is 0 Å². The average molecular weight is 220 g/mol. The fourth-order valence-electron chi connectivity index (χ4n) is 0.683. The first-order chi connectivity index (χ1) is 5.24. The molecule has 0 radical (unpaired) electrons. The Balaban J connectivity index is 2.86. The summed E-state index contributed by atoms with van der Waals surface area (Å²) >= 11 is 3.00. The molecule has 1 rings (SSSR count). The van der Waals surface area contributed by atoms with Gasteiger partial charge >= 0.3 is 0 Å². The molecule has 0 spiro atoms. The summed E-state index contributed by atoms with van der Waals surface area (Å²) in [6.45, 7) is 0.337. The molecule has 0 aliphatic carbocycles. The predicted molar refractivity (Wildman–Crippen MR) is 42.6 cm³/mol. The molecule has 0 saturated carbocycles. The SMILES string of the molecule is COCc1ccc(Br)c(F)n1. The van der Waals surface area contributed by atoms with Gasteiger partial charge in [0.25, 0.3) is 0 Å². The van der Waals surface area contributed by atoms with E-state index in [-0.39, 0.29) is 0 Å². The summed E-state index contributed by atoms with van der Waals surface area (Å²) < 4.78 is 17.8. The van der Waals surface area contributed by atoms with E-state index in [1.807, 2.05) is 0 Å². The van der Waals surface area contributed by atoms with Crippen molar-refractivity contribution in [2.24, 2.45) is 0 Å². The second kappa shape index (κ2) is 3.78. The first-order valence-electron chi connectivity index (χ1n) is 3.04. The molecule has 1 aromatic rings. The molecule has 0 fully saturated rings. The van der Waals surface area contributed by atoms with Crippen LogP contribution >= 0.6 is 15.9 Å². The lowest BCUT2D eigenvalue weighted by molar-refractivity contribution is 0.180. The molecule has 0 saturated heterocycles. The van der Waals surface area contributed by atoms with Crippen LogP contribution < -0.4 is 0 Å². The van der Waals surface area contributed by atoms with E-state index in [1.54, 1.807) is 19.2 Å². The summed E-state index contributed by atoms with van der Waals surface area (Å²) in [7, 11) is 1.54. The highest BCUT2D eigenvalue weighted by atomic mass is 79.9. The van der Waals surface area contributed by atoms with Crippen molar-refractivity contribution in [2.75, 3.05) is 7.11 Å². The van der Waals surface area contributed by atoms with E-state index in [0.717, 1.165) is 0 Å². The summed E-state index contributed by atoms with van der Waals surface area (Å²) in [4.78, 5) is 3.62. The molecule has 4 heteroatoms. The fraction of sp³-hybridized carbons (Fsp3) is 0.286. The van der Waals surface area contributed by atoms with Gasteiger partial charge < -0.3 is 4.74 Å². The normalized spacial score (nSPS) is 10.1. The lowest BCUT2D eigenvalue weighted by atomic mass is 10.4. The highest BCUT2D eigenvalue weighted by Gasteiger charge is 2.00. The van der Waals surface area contributed by atoms with Gasteiger partial charge in [0.15, 0.2) is 0 Å². The van der Waals surface area contributed by atoms with Gasteiger partial charge in [-0.2, -0.15) is 4.39 Å². The molecule has 0 N–H and O–H groups in total. The van der Waals surface area contributed by atoms with Crippen LogP contribution in [0.25, 0.3) is 0 Å². The third-order valence-electron chi connectivity index (χ3n) is 1.15. The number of halogens is 2. The van der Waals surface area contributed by atoms with Crippen molar-refractivity contribution < 1.29 is 9.13 Å². The number of hydrogen-bond acceptors (Lipinski definition) is 2. The van der Waals surface area contributed by atoms with Crippen LogP contribution in [0, 0.1) is 5.95 Å². The maximum Gasteiger partial charge on any atom is 0.227 e. The zero-order valence-corrected chi connectivity index (χ0v) is 7.56. The van der Waals surface area contributed by atoms with E-state index < -0.39 is 5.95 Å². The van der Waals surface area contributed by atoms with Crippen LogP contribution in [0.3, 0.4) is 0 Å². The van der Waals surface area contributed by atoms with Crippen LogP contribution in [0.1, 0.15) is 5.69 Å². The van der Waals surface area contributed by atoms with Crippen LogP contribution in [-0.4, -0.2) is 12.1 Å². The Hall–Kier alpha value is -0.480. The number of pyridine rings is 1. The molecule has 0 bridgehead atoms. The Kier molecular flexibility index (Phi) is 2.96. The van der Waals surface area contributed by atoms with Crippen molar-refractivity contribution >= 4 is 15.9 Å². The van der Waals surface area contributed by atoms with Crippen LogP contribution in [0.5, 0.6) is 0 Å². The summed E-state index contributed by atoms with van der Waals surface area (Å²) in [6, 6.07) is 3.31. The zero-order chi connectivity index (χ0) is 8.27. The molecule has 0 aliphatic rings. The summed E-state index contributed by atoms with van der Waals surface area (Å²) in [5, 5.41) is 0. The standard InChI is InChI=1S/C7H7BrFNO/c1-11-4-5-2-3-6(8)7(9)10-5/h2-3H,4H2,1H3. The minimum Gasteiger partial charge on any atom is -0.378 e. The van der Waals surface area contributed by atoms with Crippen molar-refractivity contribution in [3.63, 3.8) is 0 Å². The fourth-order valence-corrected chi connectivity index (χ4v) is 0.904. The maximum absolute atomic E-state index is 12.7. The zero-order valence-electron chi connectivity index (χ0n) is 5.97. The van der Waals surface area contributed by atoms with E-state index >= 15 is 0 Å². The Bertz CT molecular complexity index is 254. The molecule has 0 aromatic carbocycles. The van der Waals surface area contributed by atoms with Crippen molar-refractivity contribution in [1.29, 1.82) is 0 Å². The van der Waals surface area contributed by atoms with Gasteiger partial charge in [0.05, 0.1) is 16.8 Å². The minimum atomic E-state index is -0.500. The number of rotatable bonds is 2. The highest BCUT2D eigenvalue weighted by Crippen LogP contribution is 2.13. The Morgan fingerprint density at radius 1 is 1.64 bits per heavy atom. The number of methoxy groups -OCH3 is 1. The highest BCUT2D eigenvalue weighted by molar-refractivity contribution is 9.10. The summed E-state index contributed by atoms with van der Waals surface area (Å²) in [6.07, 6.45) is 0. The van der Waals surface area contributed by atoms with Crippen molar-refractivity contribution in [1.82, 2.24) is 4.98 Å². The van der Waals surface area contributed by atoms with E-state index in [2.05, 4.69) is 20.9 Å². The maximum atomic E-state index is 12.7. The molecular formula is C7H7BrFNO. The van der Waals surface area contributed by atoms with Gasteiger partial charge in [0.1, 0.15) is 0 Å². The molecular weight excluding hydrogens is 213 g/mol. The first kappa shape index (κ1) is 8.62. The molecule has 0 amide bonds. The van der Waals surface area contributed by atoms with Gasteiger partial charge in [-0.15, -0.1) is 0 Å². The van der Waals surface area contributed by atoms with Gasteiger partial charge in [-0.05, 0) is 28.1 Å². The molecule has 0 unspecified atom stereocenters. The Labute approximate surface area is 72.5 Å². The first-order valence-corrected chi connectivity index (χ1v) is 3.83. The topological polar surface area (TPSA) is 22.1 Å². The summed E-state index contributed by atoms with van der Waals surface area (Å²) in [5.74, 6) is -0.500. The van der Waals surface area contributed by atoms with Crippen molar-refractivity contribution in [2.45, 2.75) is 6.61 Å². The number of nitrogens with zero attached hydrogens (tertiary/aromatic N) is 1. The van der Waals surface area contributed by atoms with Gasteiger partial charge in [0.2, 0.25) is 5.95 Å². The van der Waals surface area contributed by atoms with E-state index in [4.69, 9.17) is 4.74 Å². The Morgan fingerprint density at radius 2 is 2.36 bits per heavy atom. The quantitative estimate of drug-likeness (QED) is 0.712. The summed E-state index contributed by atoms with van der Waals surface area (Å²) in [5.41, 5.74) is 0.591. The van der Waals surface area contributed by atoms with Crippen LogP contribution in [0.2, 0.25) is 0 Å². The average Bonchev–Trinajstić information content (AvgIpc) is 1.98. The number of hydrogen-bond donors (Lipinski definition) is 0. The largest absolute Gasteiger partial charge is 0.378 e. The minimum absolute atomic E-state index is 0.337. The van der Waals surface area contributed by atoms with Crippen molar-refractivity contribution in [3.05, 3.63) is 28.2 Å². The van der Waals surface area contributed by atoms with Gasteiger partial charge in [0, 0.05) is 7.11 Å². The molecule has 60 valence electrons. The van der Waals surface area contributed by atoms with Gasteiger partial charge in [-0.25, -0.2) is 4.98 Å². The lowest BCUT2D eigenvalue weighted by Crippen LogP contribution is -1.94. The molecule has 11 heavy (non-hydrogen) atoms. The third kappa shape index (κ3) is 2.24. The predicted octanol–water partition coefficient (Wildman–Crippen LogP) is 2.13. The second-order valence-corrected chi connectivity index (χ2v) is 2.86. The second-order valence-electron chi connectivity index (χ2n) is 2.01. The molecule has 1 heterocycles. The van der Waals surface area contributed by atoms with Gasteiger partial charge in [-0.3, -0.25) is 0 Å². The molecule has 2 nitrogen and oxygen atoms in total. The Morgan fingerprint density at radius 3 is 2.91 bits per heavy atom. The van der Waals surface area contributed by atoms with Crippen LogP contribution in [0.4, 0.5) is 4.39 Å². The molecule has 0 atom stereocenters.